The molecule has 1 atom stereocenters. The second kappa shape index (κ2) is 3.59. The van der Waals surface area contributed by atoms with Crippen molar-refractivity contribution in [2.75, 3.05) is 13.2 Å². The Bertz CT molecular complexity index is 292. The summed E-state index contributed by atoms with van der Waals surface area (Å²) in [6.07, 6.45) is 2.38. The number of likely N-dealkylation sites (tertiary alicyclic amines) is 1. The number of imide groups is 1. The topological polar surface area (TPSA) is 46.6 Å². The monoisotopic (exact) mass is 211 g/mol. The fourth-order valence-electron chi connectivity index (χ4n) is 2.20. The van der Waals surface area contributed by atoms with E-state index >= 15 is 0 Å². The molecule has 2 heterocycles. The number of hydrogen-bond acceptors (Lipinski definition) is 3. The fourth-order valence-corrected chi connectivity index (χ4v) is 2.20. The van der Waals surface area contributed by atoms with Crippen molar-refractivity contribution < 1.29 is 14.3 Å². The molecule has 0 aromatic heterocycles. The Morgan fingerprint density at radius 3 is 2.67 bits per heavy atom. The van der Waals surface area contributed by atoms with E-state index in [1.54, 1.807) is 0 Å². The van der Waals surface area contributed by atoms with Crippen LogP contribution >= 0.6 is 0 Å². The summed E-state index contributed by atoms with van der Waals surface area (Å²) in [6, 6.07) is 0. The minimum Gasteiger partial charge on any atom is -0.376 e. The summed E-state index contributed by atoms with van der Waals surface area (Å²) in [5.41, 5.74) is -0.518. The van der Waals surface area contributed by atoms with E-state index in [2.05, 4.69) is 0 Å². The fraction of sp³-hybridized carbons (Fsp3) is 0.818. The maximum atomic E-state index is 11.9. The van der Waals surface area contributed by atoms with Crippen LogP contribution in [0.1, 0.15) is 33.1 Å². The highest BCUT2D eigenvalue weighted by Crippen LogP contribution is 2.32. The number of amides is 2. The number of hydrogen-bond donors (Lipinski definition) is 0. The van der Waals surface area contributed by atoms with Crippen LogP contribution < -0.4 is 0 Å². The quantitative estimate of drug-likeness (QED) is 0.639. The van der Waals surface area contributed by atoms with E-state index in [9.17, 15) is 9.59 Å². The molecule has 2 rings (SSSR count). The molecule has 0 saturated carbocycles. The molecule has 0 N–H and O–H groups in total. The summed E-state index contributed by atoms with van der Waals surface area (Å²) in [5, 5.41) is 0. The minimum atomic E-state index is -0.518. The molecule has 0 aliphatic carbocycles. The van der Waals surface area contributed by atoms with Gasteiger partial charge in [-0.2, -0.15) is 0 Å². The highest BCUT2D eigenvalue weighted by atomic mass is 16.5. The molecular weight excluding hydrogens is 194 g/mol. The molecule has 0 aromatic carbocycles. The van der Waals surface area contributed by atoms with Crippen LogP contribution in [0.3, 0.4) is 0 Å². The average Bonchev–Trinajstić information content (AvgIpc) is 2.69. The first-order valence-electron chi connectivity index (χ1n) is 5.47. The summed E-state index contributed by atoms with van der Waals surface area (Å²) < 4.78 is 5.43. The summed E-state index contributed by atoms with van der Waals surface area (Å²) >= 11 is 0. The third-order valence-corrected chi connectivity index (χ3v) is 3.13. The van der Waals surface area contributed by atoms with Gasteiger partial charge in [0, 0.05) is 13.0 Å². The molecule has 4 heteroatoms. The number of carbonyl (C=O) groups excluding carboxylic acids is 2. The summed E-state index contributed by atoms with van der Waals surface area (Å²) in [5.74, 6) is -0.108. The van der Waals surface area contributed by atoms with Crippen molar-refractivity contribution in [3.05, 3.63) is 0 Å². The van der Waals surface area contributed by atoms with E-state index < -0.39 is 5.41 Å². The van der Waals surface area contributed by atoms with Gasteiger partial charge in [0.2, 0.25) is 11.8 Å². The zero-order chi connectivity index (χ0) is 11.1. The highest BCUT2D eigenvalue weighted by molar-refractivity contribution is 6.05. The molecule has 0 unspecified atom stereocenters. The van der Waals surface area contributed by atoms with Crippen molar-refractivity contribution in [1.82, 2.24) is 4.90 Å². The largest absolute Gasteiger partial charge is 0.376 e. The Morgan fingerprint density at radius 1 is 1.47 bits per heavy atom. The lowest BCUT2D eigenvalue weighted by Crippen LogP contribution is -2.38. The number of carbonyl (C=O) groups is 2. The van der Waals surface area contributed by atoms with Gasteiger partial charge in [0.15, 0.2) is 0 Å². The van der Waals surface area contributed by atoms with E-state index in [0.717, 1.165) is 19.4 Å². The second-order valence-electron chi connectivity index (χ2n) is 5.01. The van der Waals surface area contributed by atoms with Crippen LogP contribution in [0.15, 0.2) is 0 Å². The molecule has 2 saturated heterocycles. The average molecular weight is 211 g/mol. The number of nitrogens with zero attached hydrogens (tertiary/aromatic N) is 1. The molecular formula is C11H17NO3. The van der Waals surface area contributed by atoms with E-state index in [0.29, 0.717) is 13.0 Å². The lowest BCUT2D eigenvalue weighted by atomic mass is 9.92. The molecule has 2 aliphatic heterocycles. The SMILES string of the molecule is CC1(C)CC(=O)N(C[C@H]2CCCO2)C1=O. The summed E-state index contributed by atoms with van der Waals surface area (Å²) in [4.78, 5) is 24.9. The van der Waals surface area contributed by atoms with Gasteiger partial charge in [-0.25, -0.2) is 0 Å². The Morgan fingerprint density at radius 2 is 2.20 bits per heavy atom. The third-order valence-electron chi connectivity index (χ3n) is 3.13. The molecule has 84 valence electrons. The Hall–Kier alpha value is -0.900. The van der Waals surface area contributed by atoms with Gasteiger partial charge >= 0.3 is 0 Å². The van der Waals surface area contributed by atoms with Crippen LogP contribution in [0, 0.1) is 5.41 Å². The number of ether oxygens (including phenoxy) is 1. The first-order valence-corrected chi connectivity index (χ1v) is 5.47. The van der Waals surface area contributed by atoms with Crippen LogP contribution in [-0.4, -0.2) is 36.0 Å². The van der Waals surface area contributed by atoms with Crippen molar-refractivity contribution >= 4 is 11.8 Å². The molecule has 0 aromatic rings. The van der Waals surface area contributed by atoms with Crippen LogP contribution in [0.2, 0.25) is 0 Å². The number of rotatable bonds is 2. The van der Waals surface area contributed by atoms with Crippen molar-refractivity contribution in [2.24, 2.45) is 5.41 Å². The smallest absolute Gasteiger partial charge is 0.235 e. The van der Waals surface area contributed by atoms with E-state index in [1.807, 2.05) is 13.8 Å². The lowest BCUT2D eigenvalue weighted by Gasteiger charge is -2.20. The molecule has 2 amide bonds. The zero-order valence-corrected chi connectivity index (χ0v) is 9.28. The van der Waals surface area contributed by atoms with Gasteiger partial charge in [-0.1, -0.05) is 13.8 Å². The third kappa shape index (κ3) is 1.91. The maximum Gasteiger partial charge on any atom is 0.235 e. The van der Waals surface area contributed by atoms with Gasteiger partial charge in [-0.05, 0) is 12.8 Å². The van der Waals surface area contributed by atoms with Crippen LogP contribution in [0.5, 0.6) is 0 Å². The molecule has 4 nitrogen and oxygen atoms in total. The predicted molar refractivity (Wildman–Crippen MR) is 54.1 cm³/mol. The molecule has 0 radical (unpaired) electrons. The normalized spacial score (nSPS) is 30.3. The van der Waals surface area contributed by atoms with E-state index in [4.69, 9.17) is 4.74 Å². The van der Waals surface area contributed by atoms with Crippen molar-refractivity contribution in [3.63, 3.8) is 0 Å². The zero-order valence-electron chi connectivity index (χ0n) is 9.28. The second-order valence-corrected chi connectivity index (χ2v) is 5.01. The van der Waals surface area contributed by atoms with Gasteiger partial charge in [0.05, 0.1) is 18.1 Å². The van der Waals surface area contributed by atoms with Gasteiger partial charge < -0.3 is 4.74 Å². The Balaban J connectivity index is 2.02. The van der Waals surface area contributed by atoms with Gasteiger partial charge in [-0.15, -0.1) is 0 Å². The molecule has 2 aliphatic rings. The predicted octanol–water partition coefficient (Wildman–Crippen LogP) is 0.950. The standard InChI is InChI=1S/C11H17NO3/c1-11(2)6-9(13)12(10(11)14)7-8-4-3-5-15-8/h8H,3-7H2,1-2H3/t8-/m1/s1. The van der Waals surface area contributed by atoms with Gasteiger partial charge in [0.1, 0.15) is 0 Å². The lowest BCUT2D eigenvalue weighted by molar-refractivity contribution is -0.142. The van der Waals surface area contributed by atoms with Crippen molar-refractivity contribution in [1.29, 1.82) is 0 Å². The van der Waals surface area contributed by atoms with E-state index in [1.165, 1.54) is 4.90 Å². The molecule has 0 spiro atoms. The van der Waals surface area contributed by atoms with Crippen molar-refractivity contribution in [3.8, 4) is 0 Å². The van der Waals surface area contributed by atoms with Crippen LogP contribution in [0.25, 0.3) is 0 Å². The maximum absolute atomic E-state index is 11.9. The summed E-state index contributed by atoms with van der Waals surface area (Å²) in [6.45, 7) is 4.84. The van der Waals surface area contributed by atoms with Crippen molar-refractivity contribution in [2.45, 2.75) is 39.2 Å². The van der Waals surface area contributed by atoms with Gasteiger partial charge in [-0.3, -0.25) is 14.5 Å². The van der Waals surface area contributed by atoms with Crippen LogP contribution in [-0.2, 0) is 14.3 Å². The molecule has 15 heavy (non-hydrogen) atoms. The Labute approximate surface area is 89.6 Å². The Kier molecular flexibility index (Phi) is 2.54. The molecule has 2 fully saturated rings. The minimum absolute atomic E-state index is 0.0528. The molecule has 0 bridgehead atoms. The van der Waals surface area contributed by atoms with Gasteiger partial charge in [0.25, 0.3) is 0 Å². The van der Waals surface area contributed by atoms with E-state index in [-0.39, 0.29) is 17.9 Å². The highest BCUT2D eigenvalue weighted by Gasteiger charge is 2.45. The first kappa shape index (κ1) is 10.6. The summed E-state index contributed by atoms with van der Waals surface area (Å²) in [7, 11) is 0. The van der Waals surface area contributed by atoms with Crippen LogP contribution in [0.4, 0.5) is 0 Å². The first-order chi connectivity index (χ1) is 7.00.